The number of halogens is 2. The highest BCUT2D eigenvalue weighted by atomic mass is 35.5. The van der Waals surface area contributed by atoms with Crippen LogP contribution in [0.5, 0.6) is 0 Å². The summed E-state index contributed by atoms with van der Waals surface area (Å²) in [5.41, 5.74) is 6.81. The molecular formula is C11H8ClFN2. The molecule has 2 rings (SSSR count). The molecule has 76 valence electrons. The van der Waals surface area contributed by atoms with Gasteiger partial charge in [0.15, 0.2) is 0 Å². The largest absolute Gasteiger partial charge is 0.384 e. The molecule has 0 bridgehead atoms. The lowest BCUT2D eigenvalue weighted by Crippen LogP contribution is -1.89. The number of anilines is 1. The molecule has 15 heavy (non-hydrogen) atoms. The molecule has 0 saturated carbocycles. The molecule has 2 N–H and O–H groups in total. The van der Waals surface area contributed by atoms with Gasteiger partial charge in [0.05, 0.1) is 0 Å². The average Bonchev–Trinajstić information content (AvgIpc) is 2.23. The highest BCUT2D eigenvalue weighted by molar-refractivity contribution is 6.33. The predicted molar refractivity (Wildman–Crippen MR) is 59.1 cm³/mol. The summed E-state index contributed by atoms with van der Waals surface area (Å²) in [5.74, 6) is 0.0949. The fourth-order valence-corrected chi connectivity index (χ4v) is 1.51. The van der Waals surface area contributed by atoms with Gasteiger partial charge in [0.25, 0.3) is 0 Å². The van der Waals surface area contributed by atoms with Crippen LogP contribution in [-0.4, -0.2) is 4.98 Å². The molecule has 0 atom stereocenters. The number of hydrogen-bond acceptors (Lipinski definition) is 2. The summed E-state index contributed by atoms with van der Waals surface area (Å²) < 4.78 is 13.0. The van der Waals surface area contributed by atoms with Gasteiger partial charge in [-0.05, 0) is 30.3 Å². The SMILES string of the molecule is Nc1ccc(-c2cc(F)ccc2Cl)cn1. The Balaban J connectivity index is 2.53. The van der Waals surface area contributed by atoms with Crippen LogP contribution in [0.3, 0.4) is 0 Å². The van der Waals surface area contributed by atoms with Gasteiger partial charge in [-0.3, -0.25) is 0 Å². The zero-order valence-electron chi connectivity index (χ0n) is 7.74. The van der Waals surface area contributed by atoms with E-state index in [-0.39, 0.29) is 5.82 Å². The Kier molecular flexibility index (Phi) is 2.56. The van der Waals surface area contributed by atoms with E-state index in [1.807, 2.05) is 0 Å². The minimum atomic E-state index is -0.328. The molecule has 2 aromatic rings. The van der Waals surface area contributed by atoms with Gasteiger partial charge in [-0.2, -0.15) is 0 Å². The minimum Gasteiger partial charge on any atom is -0.384 e. The Morgan fingerprint density at radius 2 is 2.00 bits per heavy atom. The van der Waals surface area contributed by atoms with Crippen molar-refractivity contribution < 1.29 is 4.39 Å². The Bertz CT molecular complexity index is 482. The summed E-state index contributed by atoms with van der Waals surface area (Å²) in [6, 6.07) is 7.61. The van der Waals surface area contributed by atoms with Crippen LogP contribution in [0.4, 0.5) is 10.2 Å². The molecule has 0 aliphatic rings. The second-order valence-electron chi connectivity index (χ2n) is 3.10. The van der Waals surface area contributed by atoms with Crippen LogP contribution in [0, 0.1) is 5.82 Å². The predicted octanol–water partition coefficient (Wildman–Crippen LogP) is 3.12. The highest BCUT2D eigenvalue weighted by Gasteiger charge is 2.04. The van der Waals surface area contributed by atoms with Crippen molar-refractivity contribution in [1.29, 1.82) is 0 Å². The molecule has 0 radical (unpaired) electrons. The maximum absolute atomic E-state index is 13.0. The lowest BCUT2D eigenvalue weighted by molar-refractivity contribution is 0.628. The van der Waals surface area contributed by atoms with E-state index in [0.29, 0.717) is 16.4 Å². The third-order valence-corrected chi connectivity index (χ3v) is 2.36. The van der Waals surface area contributed by atoms with Gasteiger partial charge < -0.3 is 5.73 Å². The van der Waals surface area contributed by atoms with Gasteiger partial charge >= 0.3 is 0 Å². The van der Waals surface area contributed by atoms with E-state index in [1.165, 1.54) is 18.2 Å². The average molecular weight is 223 g/mol. The van der Waals surface area contributed by atoms with Gasteiger partial charge in [0.1, 0.15) is 11.6 Å². The molecule has 1 heterocycles. The highest BCUT2D eigenvalue weighted by Crippen LogP contribution is 2.28. The topological polar surface area (TPSA) is 38.9 Å². The van der Waals surface area contributed by atoms with Crippen molar-refractivity contribution in [2.75, 3.05) is 5.73 Å². The molecule has 0 unspecified atom stereocenters. The molecule has 0 fully saturated rings. The number of nitrogens with zero attached hydrogens (tertiary/aromatic N) is 1. The number of pyridine rings is 1. The summed E-state index contributed by atoms with van der Waals surface area (Å²) in [7, 11) is 0. The summed E-state index contributed by atoms with van der Waals surface area (Å²) in [6.45, 7) is 0. The normalized spacial score (nSPS) is 10.3. The number of hydrogen-bond donors (Lipinski definition) is 1. The number of rotatable bonds is 1. The molecule has 0 amide bonds. The maximum Gasteiger partial charge on any atom is 0.123 e. The summed E-state index contributed by atoms with van der Waals surface area (Å²) in [5, 5.41) is 0.489. The monoisotopic (exact) mass is 222 g/mol. The number of nitrogen functional groups attached to an aromatic ring is 1. The van der Waals surface area contributed by atoms with E-state index >= 15 is 0 Å². The van der Waals surface area contributed by atoms with Crippen molar-refractivity contribution in [2.45, 2.75) is 0 Å². The van der Waals surface area contributed by atoms with Gasteiger partial charge in [-0.1, -0.05) is 11.6 Å². The third-order valence-electron chi connectivity index (χ3n) is 2.03. The molecule has 0 spiro atoms. The van der Waals surface area contributed by atoms with Crippen molar-refractivity contribution in [3.8, 4) is 11.1 Å². The second kappa shape index (κ2) is 3.87. The first-order chi connectivity index (χ1) is 7.16. The summed E-state index contributed by atoms with van der Waals surface area (Å²) in [6.07, 6.45) is 1.57. The molecule has 0 aliphatic carbocycles. The molecular weight excluding hydrogens is 215 g/mol. The Labute approximate surface area is 91.5 Å². The first kappa shape index (κ1) is 9.93. The van der Waals surface area contributed by atoms with Crippen molar-refractivity contribution in [2.24, 2.45) is 0 Å². The quantitative estimate of drug-likeness (QED) is 0.805. The molecule has 1 aromatic carbocycles. The van der Waals surface area contributed by atoms with E-state index in [9.17, 15) is 4.39 Å². The van der Waals surface area contributed by atoms with Crippen molar-refractivity contribution in [3.05, 3.63) is 47.4 Å². The Morgan fingerprint density at radius 1 is 1.20 bits per heavy atom. The van der Waals surface area contributed by atoms with Crippen molar-refractivity contribution in [1.82, 2.24) is 4.98 Å². The first-order valence-corrected chi connectivity index (χ1v) is 4.71. The van der Waals surface area contributed by atoms with Gasteiger partial charge in [-0.15, -0.1) is 0 Å². The Morgan fingerprint density at radius 3 is 2.67 bits per heavy atom. The van der Waals surface area contributed by atoms with Gasteiger partial charge in [0, 0.05) is 22.3 Å². The summed E-state index contributed by atoms with van der Waals surface area (Å²) >= 11 is 5.94. The van der Waals surface area contributed by atoms with Crippen LogP contribution < -0.4 is 5.73 Å². The minimum absolute atomic E-state index is 0.328. The number of benzene rings is 1. The van der Waals surface area contributed by atoms with E-state index in [4.69, 9.17) is 17.3 Å². The van der Waals surface area contributed by atoms with Gasteiger partial charge in [-0.25, -0.2) is 9.37 Å². The third kappa shape index (κ3) is 2.07. The van der Waals surface area contributed by atoms with Crippen molar-refractivity contribution >= 4 is 17.4 Å². The maximum atomic E-state index is 13.0. The van der Waals surface area contributed by atoms with E-state index in [1.54, 1.807) is 18.3 Å². The summed E-state index contributed by atoms with van der Waals surface area (Å²) in [4.78, 5) is 3.92. The fraction of sp³-hybridized carbons (Fsp3) is 0. The molecule has 4 heteroatoms. The molecule has 1 aromatic heterocycles. The van der Waals surface area contributed by atoms with Crippen LogP contribution >= 0.6 is 11.6 Å². The molecule has 0 aliphatic heterocycles. The Hall–Kier alpha value is -1.61. The zero-order chi connectivity index (χ0) is 10.8. The zero-order valence-corrected chi connectivity index (χ0v) is 8.50. The lowest BCUT2D eigenvalue weighted by atomic mass is 10.1. The number of nitrogens with two attached hydrogens (primary N) is 1. The second-order valence-corrected chi connectivity index (χ2v) is 3.50. The molecule has 0 saturated heterocycles. The van der Waals surface area contributed by atoms with E-state index < -0.39 is 0 Å². The smallest absolute Gasteiger partial charge is 0.123 e. The van der Waals surface area contributed by atoms with E-state index in [2.05, 4.69) is 4.98 Å². The van der Waals surface area contributed by atoms with Crippen LogP contribution in [0.15, 0.2) is 36.5 Å². The van der Waals surface area contributed by atoms with Gasteiger partial charge in [0.2, 0.25) is 0 Å². The van der Waals surface area contributed by atoms with Crippen molar-refractivity contribution in [3.63, 3.8) is 0 Å². The van der Waals surface area contributed by atoms with E-state index in [0.717, 1.165) is 5.56 Å². The lowest BCUT2D eigenvalue weighted by Gasteiger charge is -2.04. The number of aromatic nitrogens is 1. The fourth-order valence-electron chi connectivity index (χ4n) is 1.28. The first-order valence-electron chi connectivity index (χ1n) is 4.34. The van der Waals surface area contributed by atoms with Crippen LogP contribution in [0.1, 0.15) is 0 Å². The standard InChI is InChI=1S/C11H8ClFN2/c12-10-3-2-8(13)5-9(10)7-1-4-11(14)15-6-7/h1-6H,(H2,14,15). The molecule has 2 nitrogen and oxygen atoms in total. The van der Waals surface area contributed by atoms with Crippen LogP contribution in [0.2, 0.25) is 5.02 Å². The van der Waals surface area contributed by atoms with Crippen LogP contribution in [-0.2, 0) is 0 Å². The van der Waals surface area contributed by atoms with Crippen LogP contribution in [0.25, 0.3) is 11.1 Å².